The van der Waals surface area contributed by atoms with Crippen molar-refractivity contribution in [2.45, 2.75) is 25.5 Å². The molecule has 0 spiro atoms. The lowest BCUT2D eigenvalue weighted by molar-refractivity contribution is 0.0854. The van der Waals surface area contributed by atoms with Crippen molar-refractivity contribution in [2.75, 3.05) is 0 Å². The molecular weight excluding hydrogens is 269 g/mol. The third-order valence-corrected chi connectivity index (χ3v) is 3.86. The lowest BCUT2D eigenvalue weighted by Crippen LogP contribution is -2.34. The minimum atomic E-state index is -0.681. The Hall–Kier alpha value is -2.20. The zero-order valence-electron chi connectivity index (χ0n) is 11.6. The number of halogens is 1. The van der Waals surface area contributed by atoms with E-state index in [1.54, 1.807) is 13.0 Å². The molecule has 1 aliphatic carbocycles. The molecule has 2 N–H and O–H groups in total. The van der Waals surface area contributed by atoms with Gasteiger partial charge < -0.3 is 10.4 Å². The van der Waals surface area contributed by atoms with Crippen molar-refractivity contribution in [1.82, 2.24) is 5.32 Å². The van der Waals surface area contributed by atoms with Crippen LogP contribution in [0.25, 0.3) is 0 Å². The van der Waals surface area contributed by atoms with Gasteiger partial charge >= 0.3 is 0 Å². The van der Waals surface area contributed by atoms with Crippen molar-refractivity contribution in [2.24, 2.45) is 0 Å². The molecule has 3 nitrogen and oxygen atoms in total. The molecule has 1 aliphatic rings. The molecule has 21 heavy (non-hydrogen) atoms. The molecule has 1 amide bonds. The Labute approximate surface area is 122 Å². The highest BCUT2D eigenvalue weighted by molar-refractivity contribution is 5.95. The molecule has 0 radical (unpaired) electrons. The summed E-state index contributed by atoms with van der Waals surface area (Å²) < 4.78 is 13.8. The molecule has 0 fully saturated rings. The molecule has 108 valence electrons. The number of hydrogen-bond donors (Lipinski definition) is 2. The molecule has 0 heterocycles. The van der Waals surface area contributed by atoms with Gasteiger partial charge in [0.1, 0.15) is 5.82 Å². The molecule has 2 atom stereocenters. The summed E-state index contributed by atoms with van der Waals surface area (Å²) in [7, 11) is 0. The van der Waals surface area contributed by atoms with Gasteiger partial charge in [-0.1, -0.05) is 35.9 Å². The number of aryl methyl sites for hydroxylation is 1. The molecule has 2 aromatic carbocycles. The van der Waals surface area contributed by atoms with Crippen LogP contribution in [0, 0.1) is 12.7 Å². The normalized spacial score (nSPS) is 20.1. The maximum atomic E-state index is 13.8. The van der Waals surface area contributed by atoms with Gasteiger partial charge in [-0.25, -0.2) is 4.39 Å². The first-order valence-electron chi connectivity index (χ1n) is 6.89. The minimum Gasteiger partial charge on any atom is -0.390 e. The molecular formula is C17H16FNO2. The molecule has 0 saturated carbocycles. The van der Waals surface area contributed by atoms with Crippen molar-refractivity contribution in [3.63, 3.8) is 0 Å². The van der Waals surface area contributed by atoms with Gasteiger partial charge in [-0.05, 0) is 30.2 Å². The van der Waals surface area contributed by atoms with Crippen LogP contribution in [-0.4, -0.2) is 17.1 Å². The zero-order chi connectivity index (χ0) is 15.0. The second kappa shape index (κ2) is 5.30. The third-order valence-electron chi connectivity index (χ3n) is 3.86. The Morgan fingerprint density at radius 2 is 2.05 bits per heavy atom. The van der Waals surface area contributed by atoms with Crippen LogP contribution in [0.15, 0.2) is 42.5 Å². The monoisotopic (exact) mass is 285 g/mol. The van der Waals surface area contributed by atoms with Crippen LogP contribution in [0.5, 0.6) is 0 Å². The number of rotatable bonds is 2. The molecule has 0 saturated heterocycles. The predicted octanol–water partition coefficient (Wildman–Crippen LogP) is 2.52. The van der Waals surface area contributed by atoms with E-state index in [-0.39, 0.29) is 5.56 Å². The van der Waals surface area contributed by atoms with Crippen LogP contribution >= 0.6 is 0 Å². The van der Waals surface area contributed by atoms with E-state index in [9.17, 15) is 14.3 Å². The Morgan fingerprint density at radius 1 is 1.29 bits per heavy atom. The average Bonchev–Trinajstić information content (AvgIpc) is 2.78. The topological polar surface area (TPSA) is 49.3 Å². The summed E-state index contributed by atoms with van der Waals surface area (Å²) in [5.41, 5.74) is 2.73. The van der Waals surface area contributed by atoms with Gasteiger partial charge in [0, 0.05) is 6.42 Å². The van der Waals surface area contributed by atoms with E-state index in [0.29, 0.717) is 6.42 Å². The third kappa shape index (κ3) is 2.54. The highest BCUT2D eigenvalue weighted by Crippen LogP contribution is 2.31. The highest BCUT2D eigenvalue weighted by Gasteiger charge is 2.32. The van der Waals surface area contributed by atoms with Crippen LogP contribution in [-0.2, 0) is 6.42 Å². The van der Waals surface area contributed by atoms with E-state index in [4.69, 9.17) is 0 Å². The van der Waals surface area contributed by atoms with E-state index in [0.717, 1.165) is 16.7 Å². The van der Waals surface area contributed by atoms with Crippen molar-refractivity contribution >= 4 is 5.91 Å². The number of carbonyl (C=O) groups excluding carboxylic acids is 1. The van der Waals surface area contributed by atoms with Crippen molar-refractivity contribution in [3.8, 4) is 0 Å². The van der Waals surface area contributed by atoms with Crippen molar-refractivity contribution in [1.29, 1.82) is 0 Å². The van der Waals surface area contributed by atoms with Crippen molar-refractivity contribution < 1.29 is 14.3 Å². The molecule has 4 heteroatoms. The van der Waals surface area contributed by atoms with Crippen LogP contribution in [0.2, 0.25) is 0 Å². The summed E-state index contributed by atoms with van der Waals surface area (Å²) >= 11 is 0. The summed E-state index contributed by atoms with van der Waals surface area (Å²) in [5, 5.41) is 12.9. The van der Waals surface area contributed by atoms with Gasteiger partial charge in [0.15, 0.2) is 0 Å². The minimum absolute atomic E-state index is 0.00609. The van der Waals surface area contributed by atoms with Gasteiger partial charge in [-0.15, -0.1) is 0 Å². The SMILES string of the molecule is Cc1ccc(F)c(C(=O)N[C@H]2c3ccccc3C[C@H]2O)c1. The number of fused-ring (bicyclic) bond motifs is 1. The Balaban J connectivity index is 1.87. The zero-order valence-corrected chi connectivity index (χ0v) is 11.6. The molecule has 0 bridgehead atoms. The largest absolute Gasteiger partial charge is 0.390 e. The molecule has 0 aromatic heterocycles. The number of aliphatic hydroxyl groups is 1. The van der Waals surface area contributed by atoms with E-state index >= 15 is 0 Å². The first kappa shape index (κ1) is 13.8. The fraction of sp³-hybridized carbons (Fsp3) is 0.235. The Morgan fingerprint density at radius 3 is 2.86 bits per heavy atom. The Kier molecular flexibility index (Phi) is 3.47. The second-order valence-corrected chi connectivity index (χ2v) is 5.40. The number of aliphatic hydroxyl groups excluding tert-OH is 1. The average molecular weight is 285 g/mol. The number of nitrogens with one attached hydrogen (secondary N) is 1. The predicted molar refractivity (Wildman–Crippen MR) is 77.5 cm³/mol. The summed E-state index contributed by atoms with van der Waals surface area (Å²) in [6, 6.07) is 11.5. The first-order chi connectivity index (χ1) is 10.1. The van der Waals surface area contributed by atoms with E-state index in [1.165, 1.54) is 12.1 Å². The smallest absolute Gasteiger partial charge is 0.254 e. The number of benzene rings is 2. The maximum absolute atomic E-state index is 13.8. The van der Waals surface area contributed by atoms with Gasteiger partial charge in [0.05, 0.1) is 17.7 Å². The summed E-state index contributed by atoms with van der Waals surface area (Å²) in [4.78, 5) is 12.3. The van der Waals surface area contributed by atoms with Crippen LogP contribution in [0.1, 0.15) is 33.1 Å². The van der Waals surface area contributed by atoms with Crippen LogP contribution in [0.4, 0.5) is 4.39 Å². The van der Waals surface area contributed by atoms with E-state index < -0.39 is 23.9 Å². The maximum Gasteiger partial charge on any atom is 0.254 e. The van der Waals surface area contributed by atoms with Gasteiger partial charge in [-0.3, -0.25) is 4.79 Å². The lowest BCUT2D eigenvalue weighted by Gasteiger charge is -2.18. The molecule has 2 aromatic rings. The molecule has 0 unspecified atom stereocenters. The van der Waals surface area contributed by atoms with Crippen molar-refractivity contribution in [3.05, 3.63) is 70.5 Å². The number of carbonyl (C=O) groups is 1. The lowest BCUT2D eigenvalue weighted by atomic mass is 10.1. The van der Waals surface area contributed by atoms with Crippen LogP contribution < -0.4 is 5.32 Å². The molecule has 3 rings (SSSR count). The standard InChI is InChI=1S/C17H16FNO2/c1-10-6-7-14(18)13(8-10)17(21)19-16-12-5-3-2-4-11(12)9-15(16)20/h2-8,15-16,20H,9H2,1H3,(H,19,21)/t15-,16+/m1/s1. The van der Waals surface area contributed by atoms with E-state index in [1.807, 2.05) is 24.3 Å². The highest BCUT2D eigenvalue weighted by atomic mass is 19.1. The van der Waals surface area contributed by atoms with Gasteiger partial charge in [0.2, 0.25) is 0 Å². The summed E-state index contributed by atoms with van der Waals surface area (Å²) in [6.45, 7) is 1.80. The van der Waals surface area contributed by atoms with Gasteiger partial charge in [0.25, 0.3) is 5.91 Å². The fourth-order valence-corrected chi connectivity index (χ4v) is 2.78. The number of hydrogen-bond acceptors (Lipinski definition) is 2. The summed E-state index contributed by atoms with van der Waals surface area (Å²) in [5.74, 6) is -1.06. The second-order valence-electron chi connectivity index (χ2n) is 5.40. The van der Waals surface area contributed by atoms with Gasteiger partial charge in [-0.2, -0.15) is 0 Å². The number of amides is 1. The molecule has 0 aliphatic heterocycles. The van der Waals surface area contributed by atoms with E-state index in [2.05, 4.69) is 5.32 Å². The summed E-state index contributed by atoms with van der Waals surface area (Å²) in [6.07, 6.45) is -0.184. The quantitative estimate of drug-likeness (QED) is 0.890. The Bertz CT molecular complexity index is 699. The first-order valence-corrected chi connectivity index (χ1v) is 6.89. The fourth-order valence-electron chi connectivity index (χ4n) is 2.78. The van der Waals surface area contributed by atoms with Crippen LogP contribution in [0.3, 0.4) is 0 Å².